The van der Waals surface area contributed by atoms with E-state index >= 15 is 0 Å². The van der Waals surface area contributed by atoms with Gasteiger partial charge in [-0.3, -0.25) is 4.79 Å². The molecule has 104 valence electrons. The maximum Gasteiger partial charge on any atom is 0.221 e. The molecule has 4 nitrogen and oxygen atoms in total. The molecule has 0 saturated heterocycles. The number of carbonyl (C=O) groups is 1. The van der Waals surface area contributed by atoms with E-state index in [-0.39, 0.29) is 5.91 Å². The van der Waals surface area contributed by atoms with E-state index in [9.17, 15) is 4.79 Å². The zero-order valence-electron chi connectivity index (χ0n) is 11.0. The standard InChI is InChI=1S/C15H15BrN2O2/c1-10(19)18-13-4-2-3-5-15(13)20-14-7-6-12(16)8-11(14)9-17/h2-8H,9,17H2,1H3,(H,18,19). The number of anilines is 1. The van der Waals surface area contributed by atoms with Crippen LogP contribution in [-0.4, -0.2) is 5.91 Å². The molecule has 0 aromatic heterocycles. The summed E-state index contributed by atoms with van der Waals surface area (Å²) < 4.78 is 6.82. The van der Waals surface area contributed by atoms with Crippen molar-refractivity contribution in [1.29, 1.82) is 0 Å². The maximum absolute atomic E-state index is 11.2. The molecule has 0 spiro atoms. The van der Waals surface area contributed by atoms with E-state index < -0.39 is 0 Å². The number of benzene rings is 2. The van der Waals surface area contributed by atoms with Crippen LogP contribution in [0.2, 0.25) is 0 Å². The quantitative estimate of drug-likeness (QED) is 0.896. The summed E-state index contributed by atoms with van der Waals surface area (Å²) in [5, 5.41) is 2.74. The second-order valence-corrected chi connectivity index (χ2v) is 5.15. The molecule has 2 aromatic carbocycles. The second-order valence-electron chi connectivity index (χ2n) is 4.24. The Morgan fingerprint density at radius 3 is 2.70 bits per heavy atom. The molecule has 0 atom stereocenters. The van der Waals surface area contributed by atoms with Crippen molar-refractivity contribution in [3.05, 3.63) is 52.5 Å². The molecule has 0 aliphatic heterocycles. The predicted octanol–water partition coefficient (Wildman–Crippen LogP) is 3.66. The largest absolute Gasteiger partial charge is 0.455 e. The second kappa shape index (κ2) is 6.54. The average molecular weight is 335 g/mol. The molecule has 2 rings (SSSR count). The van der Waals surface area contributed by atoms with Crippen LogP contribution >= 0.6 is 15.9 Å². The number of para-hydroxylation sites is 2. The van der Waals surface area contributed by atoms with Gasteiger partial charge in [0.15, 0.2) is 5.75 Å². The molecular formula is C15H15BrN2O2. The van der Waals surface area contributed by atoms with Gasteiger partial charge in [0.05, 0.1) is 5.69 Å². The van der Waals surface area contributed by atoms with Crippen LogP contribution in [0.3, 0.4) is 0 Å². The molecule has 0 bridgehead atoms. The van der Waals surface area contributed by atoms with Crippen molar-refractivity contribution in [2.75, 3.05) is 5.32 Å². The Kier molecular flexibility index (Phi) is 4.76. The summed E-state index contributed by atoms with van der Waals surface area (Å²) in [6.45, 7) is 1.83. The highest BCUT2D eigenvalue weighted by atomic mass is 79.9. The highest BCUT2D eigenvalue weighted by Gasteiger charge is 2.09. The minimum atomic E-state index is -0.143. The Hall–Kier alpha value is -1.85. The van der Waals surface area contributed by atoms with Crippen LogP contribution in [0.1, 0.15) is 12.5 Å². The first-order valence-corrected chi connectivity index (χ1v) is 6.92. The van der Waals surface area contributed by atoms with E-state index in [2.05, 4.69) is 21.2 Å². The number of nitrogens with one attached hydrogen (secondary N) is 1. The van der Waals surface area contributed by atoms with Gasteiger partial charge >= 0.3 is 0 Å². The van der Waals surface area contributed by atoms with Gasteiger partial charge in [-0.1, -0.05) is 28.1 Å². The van der Waals surface area contributed by atoms with Gasteiger partial charge in [-0.05, 0) is 30.3 Å². The number of nitrogens with two attached hydrogens (primary N) is 1. The number of halogens is 1. The van der Waals surface area contributed by atoms with Crippen molar-refractivity contribution in [2.24, 2.45) is 5.73 Å². The van der Waals surface area contributed by atoms with Crippen molar-refractivity contribution in [3.8, 4) is 11.5 Å². The Bertz CT molecular complexity index is 629. The van der Waals surface area contributed by atoms with Crippen molar-refractivity contribution in [2.45, 2.75) is 13.5 Å². The van der Waals surface area contributed by atoms with Crippen LogP contribution in [0.25, 0.3) is 0 Å². The van der Waals surface area contributed by atoms with Gasteiger partial charge < -0.3 is 15.8 Å². The van der Waals surface area contributed by atoms with E-state index in [0.717, 1.165) is 10.0 Å². The highest BCUT2D eigenvalue weighted by molar-refractivity contribution is 9.10. The number of ether oxygens (including phenoxy) is 1. The number of hydrogen-bond donors (Lipinski definition) is 2. The van der Waals surface area contributed by atoms with E-state index in [1.54, 1.807) is 12.1 Å². The fraction of sp³-hybridized carbons (Fsp3) is 0.133. The summed E-state index contributed by atoms with van der Waals surface area (Å²) in [6, 6.07) is 12.9. The van der Waals surface area contributed by atoms with E-state index in [1.807, 2.05) is 30.3 Å². The minimum Gasteiger partial charge on any atom is -0.455 e. The van der Waals surface area contributed by atoms with Gasteiger partial charge in [0.25, 0.3) is 0 Å². The summed E-state index contributed by atoms with van der Waals surface area (Å²) in [7, 11) is 0. The number of rotatable bonds is 4. The predicted molar refractivity (Wildman–Crippen MR) is 82.9 cm³/mol. The third-order valence-corrected chi connectivity index (χ3v) is 3.15. The van der Waals surface area contributed by atoms with Crippen molar-refractivity contribution < 1.29 is 9.53 Å². The average Bonchev–Trinajstić information content (AvgIpc) is 2.42. The molecule has 0 aliphatic rings. The monoisotopic (exact) mass is 334 g/mol. The Labute approximate surface area is 126 Å². The molecule has 0 aliphatic carbocycles. The molecule has 0 unspecified atom stereocenters. The first-order valence-electron chi connectivity index (χ1n) is 6.13. The molecular weight excluding hydrogens is 320 g/mol. The molecule has 0 radical (unpaired) electrons. The fourth-order valence-corrected chi connectivity index (χ4v) is 2.18. The van der Waals surface area contributed by atoms with E-state index in [4.69, 9.17) is 10.5 Å². The third kappa shape index (κ3) is 3.59. The normalized spacial score (nSPS) is 10.2. The van der Waals surface area contributed by atoms with Crippen LogP contribution in [0, 0.1) is 0 Å². The Morgan fingerprint density at radius 1 is 1.25 bits per heavy atom. The highest BCUT2D eigenvalue weighted by Crippen LogP contribution is 2.32. The topological polar surface area (TPSA) is 64.3 Å². The maximum atomic E-state index is 11.2. The Morgan fingerprint density at radius 2 is 2.00 bits per heavy atom. The van der Waals surface area contributed by atoms with Gasteiger partial charge in [-0.25, -0.2) is 0 Å². The van der Waals surface area contributed by atoms with Gasteiger partial charge in [-0.2, -0.15) is 0 Å². The minimum absolute atomic E-state index is 0.143. The number of hydrogen-bond acceptors (Lipinski definition) is 3. The molecule has 5 heteroatoms. The summed E-state index contributed by atoms with van der Waals surface area (Å²) in [6.07, 6.45) is 0. The summed E-state index contributed by atoms with van der Waals surface area (Å²) in [4.78, 5) is 11.2. The first-order chi connectivity index (χ1) is 9.60. The lowest BCUT2D eigenvalue weighted by Gasteiger charge is -2.14. The van der Waals surface area contributed by atoms with Crippen LogP contribution in [0.5, 0.6) is 11.5 Å². The van der Waals surface area contributed by atoms with Crippen LogP contribution in [-0.2, 0) is 11.3 Å². The zero-order valence-corrected chi connectivity index (χ0v) is 12.6. The van der Waals surface area contributed by atoms with Crippen LogP contribution < -0.4 is 15.8 Å². The van der Waals surface area contributed by atoms with Gasteiger partial charge in [-0.15, -0.1) is 0 Å². The van der Waals surface area contributed by atoms with Crippen molar-refractivity contribution in [3.63, 3.8) is 0 Å². The molecule has 0 heterocycles. The Balaban J connectivity index is 2.32. The van der Waals surface area contributed by atoms with E-state index in [0.29, 0.717) is 23.7 Å². The summed E-state index contributed by atoms with van der Waals surface area (Å²) >= 11 is 3.40. The van der Waals surface area contributed by atoms with Crippen LogP contribution in [0.4, 0.5) is 5.69 Å². The van der Waals surface area contributed by atoms with Gasteiger partial charge in [0.2, 0.25) is 5.91 Å². The van der Waals surface area contributed by atoms with Crippen molar-refractivity contribution in [1.82, 2.24) is 0 Å². The van der Waals surface area contributed by atoms with Gasteiger partial charge in [0, 0.05) is 23.5 Å². The summed E-state index contributed by atoms with van der Waals surface area (Å²) in [5.41, 5.74) is 7.24. The smallest absolute Gasteiger partial charge is 0.221 e. The number of carbonyl (C=O) groups excluding carboxylic acids is 1. The van der Waals surface area contributed by atoms with Crippen LogP contribution in [0.15, 0.2) is 46.9 Å². The molecule has 20 heavy (non-hydrogen) atoms. The molecule has 0 fully saturated rings. The van der Waals surface area contributed by atoms with Crippen molar-refractivity contribution >= 4 is 27.5 Å². The molecule has 2 aromatic rings. The molecule has 3 N–H and O–H groups in total. The SMILES string of the molecule is CC(=O)Nc1ccccc1Oc1ccc(Br)cc1CN. The van der Waals surface area contributed by atoms with E-state index in [1.165, 1.54) is 6.92 Å². The fourth-order valence-electron chi connectivity index (χ4n) is 1.77. The summed E-state index contributed by atoms with van der Waals surface area (Å²) in [5.74, 6) is 1.11. The zero-order chi connectivity index (χ0) is 14.5. The number of amides is 1. The molecule has 1 amide bonds. The first kappa shape index (κ1) is 14.6. The van der Waals surface area contributed by atoms with Gasteiger partial charge in [0.1, 0.15) is 5.75 Å². The lowest BCUT2D eigenvalue weighted by Crippen LogP contribution is -2.07. The third-order valence-electron chi connectivity index (χ3n) is 2.66. The lowest BCUT2D eigenvalue weighted by atomic mass is 10.2. The lowest BCUT2D eigenvalue weighted by molar-refractivity contribution is -0.114. The molecule has 0 saturated carbocycles.